The lowest BCUT2D eigenvalue weighted by molar-refractivity contribution is -0.0314. The smallest absolute Gasteiger partial charge is 0.431 e. The first-order chi connectivity index (χ1) is 13.3. The Morgan fingerprint density at radius 3 is 2.14 bits per heavy atom. The molecule has 0 amide bonds. The van der Waals surface area contributed by atoms with Crippen LogP contribution in [0.25, 0.3) is 0 Å². The molecule has 0 radical (unpaired) electrons. The van der Waals surface area contributed by atoms with E-state index in [9.17, 15) is 4.79 Å². The molecule has 0 aliphatic carbocycles. The van der Waals surface area contributed by atoms with Crippen molar-refractivity contribution in [2.45, 2.75) is 142 Å². The Morgan fingerprint density at radius 1 is 1.00 bits per heavy atom. The highest BCUT2D eigenvalue weighted by Gasteiger charge is 2.37. The zero-order valence-electron chi connectivity index (χ0n) is 19.1. The molecule has 1 fully saturated rings. The van der Waals surface area contributed by atoms with Gasteiger partial charge in [0.05, 0.1) is 31.5 Å². The second-order valence-electron chi connectivity index (χ2n) is 9.30. The third kappa shape index (κ3) is 14.1. The van der Waals surface area contributed by atoms with Gasteiger partial charge in [-0.2, -0.15) is 0 Å². The molecule has 0 spiro atoms. The highest BCUT2D eigenvalue weighted by atomic mass is 16.7. The summed E-state index contributed by atoms with van der Waals surface area (Å²) >= 11 is 0. The van der Waals surface area contributed by atoms with E-state index in [1.807, 2.05) is 20.8 Å². The standard InChI is InChI=1S/C24H45O4/c1-6-7-8-9-10-11-12-13-14-15-16-17-18-21(19-22-20(2)26-22)27-23(25)28-24(3,4)5/h13,20-22H,6-12,14-19H2,1-5H3/q+1/t20-,21-,22+/m1/s1. The van der Waals surface area contributed by atoms with E-state index in [2.05, 4.69) is 20.3 Å². The fraction of sp³-hybridized carbons (Fsp3) is 0.917. The van der Waals surface area contributed by atoms with Gasteiger partial charge in [-0.3, -0.25) is 0 Å². The first-order valence-electron chi connectivity index (χ1n) is 11.7. The molecule has 1 aliphatic rings. The number of rotatable bonds is 16. The molecule has 164 valence electrons. The van der Waals surface area contributed by atoms with Crippen molar-refractivity contribution in [1.82, 2.24) is 0 Å². The molecule has 0 unspecified atom stereocenters. The van der Waals surface area contributed by atoms with Crippen LogP contribution in [0.15, 0.2) is 0 Å². The van der Waals surface area contributed by atoms with Gasteiger partial charge in [-0.05, 0) is 66.2 Å². The molecule has 1 heterocycles. The van der Waals surface area contributed by atoms with E-state index in [4.69, 9.17) is 14.2 Å². The Bertz CT molecular complexity index is 402. The minimum Gasteiger partial charge on any atom is -0.431 e. The first-order valence-corrected chi connectivity index (χ1v) is 11.7. The number of hydrogen-bond acceptors (Lipinski definition) is 4. The van der Waals surface area contributed by atoms with E-state index in [-0.39, 0.29) is 12.2 Å². The van der Waals surface area contributed by atoms with Crippen LogP contribution >= 0.6 is 0 Å². The van der Waals surface area contributed by atoms with Crippen molar-refractivity contribution in [3.63, 3.8) is 0 Å². The van der Waals surface area contributed by atoms with Crippen LogP contribution in [0.4, 0.5) is 4.79 Å². The molecule has 0 N–H and O–H groups in total. The monoisotopic (exact) mass is 397 g/mol. The van der Waals surface area contributed by atoms with Gasteiger partial charge in [0, 0.05) is 6.42 Å². The number of unbranched alkanes of at least 4 members (excludes halogenated alkanes) is 11. The van der Waals surface area contributed by atoms with Gasteiger partial charge < -0.3 is 14.2 Å². The maximum absolute atomic E-state index is 12.0. The van der Waals surface area contributed by atoms with E-state index in [1.165, 1.54) is 64.2 Å². The average molecular weight is 398 g/mol. The molecule has 4 nitrogen and oxygen atoms in total. The van der Waals surface area contributed by atoms with Gasteiger partial charge in [-0.1, -0.05) is 32.6 Å². The van der Waals surface area contributed by atoms with Gasteiger partial charge in [-0.25, -0.2) is 4.79 Å². The molecule has 0 aromatic heterocycles. The second-order valence-corrected chi connectivity index (χ2v) is 9.30. The summed E-state index contributed by atoms with van der Waals surface area (Å²) < 4.78 is 16.4. The summed E-state index contributed by atoms with van der Waals surface area (Å²) in [6.45, 7) is 9.90. The van der Waals surface area contributed by atoms with E-state index < -0.39 is 11.8 Å². The van der Waals surface area contributed by atoms with Crippen LogP contribution in [0.3, 0.4) is 0 Å². The van der Waals surface area contributed by atoms with Crippen molar-refractivity contribution in [3.05, 3.63) is 6.42 Å². The van der Waals surface area contributed by atoms with Gasteiger partial charge in [0.25, 0.3) is 0 Å². The molecule has 4 heteroatoms. The van der Waals surface area contributed by atoms with E-state index in [0.717, 1.165) is 19.3 Å². The predicted octanol–water partition coefficient (Wildman–Crippen LogP) is 7.39. The number of carbonyl (C=O) groups is 1. The average Bonchev–Trinajstić information content (AvgIpc) is 3.28. The van der Waals surface area contributed by atoms with Crippen molar-refractivity contribution in [2.75, 3.05) is 0 Å². The molecule has 28 heavy (non-hydrogen) atoms. The van der Waals surface area contributed by atoms with Crippen LogP contribution in [0.1, 0.15) is 118 Å². The topological polar surface area (TPSA) is 48.1 Å². The lowest BCUT2D eigenvalue weighted by atomic mass is 10.0. The third-order valence-corrected chi connectivity index (χ3v) is 5.18. The molecular formula is C24H45O4+. The molecule has 3 atom stereocenters. The van der Waals surface area contributed by atoms with Crippen molar-refractivity contribution < 1.29 is 19.0 Å². The molecule has 0 aromatic rings. The number of hydrogen-bond donors (Lipinski definition) is 0. The quantitative estimate of drug-likeness (QED) is 0.118. The summed E-state index contributed by atoms with van der Waals surface area (Å²) in [5.74, 6) is 0. The zero-order chi connectivity index (χ0) is 20.8. The molecule has 1 aliphatic heterocycles. The highest BCUT2D eigenvalue weighted by Crippen LogP contribution is 2.29. The number of carbonyl (C=O) groups excluding carboxylic acids is 1. The molecule has 0 saturated carbocycles. The lowest BCUT2D eigenvalue weighted by Gasteiger charge is -2.22. The van der Waals surface area contributed by atoms with Crippen LogP contribution in [0.5, 0.6) is 0 Å². The largest absolute Gasteiger partial charge is 0.509 e. The van der Waals surface area contributed by atoms with Gasteiger partial charge in [0.2, 0.25) is 0 Å². The summed E-state index contributed by atoms with van der Waals surface area (Å²) in [5, 5.41) is 0. The van der Waals surface area contributed by atoms with E-state index >= 15 is 0 Å². The van der Waals surface area contributed by atoms with Crippen LogP contribution in [0.2, 0.25) is 0 Å². The van der Waals surface area contributed by atoms with E-state index in [0.29, 0.717) is 6.10 Å². The molecule has 1 rings (SSSR count). The van der Waals surface area contributed by atoms with Crippen LogP contribution in [-0.2, 0) is 14.2 Å². The second kappa shape index (κ2) is 14.1. The summed E-state index contributed by atoms with van der Waals surface area (Å²) in [6, 6.07) is 0. The number of epoxide rings is 1. The maximum Gasteiger partial charge on any atom is 0.509 e. The Morgan fingerprint density at radius 2 is 1.57 bits per heavy atom. The normalized spacial score (nSPS) is 19.9. The Labute approximate surface area is 174 Å². The van der Waals surface area contributed by atoms with Gasteiger partial charge in [0.15, 0.2) is 0 Å². The number of ether oxygens (including phenoxy) is 3. The van der Waals surface area contributed by atoms with Crippen molar-refractivity contribution in [1.29, 1.82) is 0 Å². The minimum atomic E-state index is -0.557. The highest BCUT2D eigenvalue weighted by molar-refractivity contribution is 5.60. The summed E-state index contributed by atoms with van der Waals surface area (Å²) in [4.78, 5) is 12.0. The fourth-order valence-corrected chi connectivity index (χ4v) is 3.42. The van der Waals surface area contributed by atoms with Crippen molar-refractivity contribution in [3.8, 4) is 0 Å². The summed E-state index contributed by atoms with van der Waals surface area (Å²) in [5.41, 5.74) is -0.517. The van der Waals surface area contributed by atoms with E-state index in [1.54, 1.807) is 0 Å². The molecule has 0 bridgehead atoms. The SMILES string of the molecule is CCCCCCCC[CH+]CCCCC[C@H](C[C@@H]1O[C@@H]1C)OC(=O)OC(C)(C)C. The predicted molar refractivity (Wildman–Crippen MR) is 115 cm³/mol. The van der Waals surface area contributed by atoms with Crippen molar-refractivity contribution in [2.24, 2.45) is 0 Å². The van der Waals surface area contributed by atoms with Gasteiger partial charge in [0.1, 0.15) is 11.7 Å². The Hall–Kier alpha value is -0.900. The molecule has 1 saturated heterocycles. The summed E-state index contributed by atoms with van der Waals surface area (Å²) in [7, 11) is 0. The maximum atomic E-state index is 12.0. The minimum absolute atomic E-state index is 0.100. The Balaban J connectivity index is 2.07. The summed E-state index contributed by atoms with van der Waals surface area (Å²) in [6.07, 6.45) is 18.2. The van der Waals surface area contributed by atoms with Gasteiger partial charge in [-0.15, -0.1) is 0 Å². The molecule has 0 aromatic carbocycles. The third-order valence-electron chi connectivity index (χ3n) is 5.18. The Kier molecular flexibility index (Phi) is 12.7. The molecular weight excluding hydrogens is 352 g/mol. The lowest BCUT2D eigenvalue weighted by Crippen LogP contribution is -2.28. The van der Waals surface area contributed by atoms with Crippen molar-refractivity contribution >= 4 is 6.16 Å². The van der Waals surface area contributed by atoms with Gasteiger partial charge >= 0.3 is 6.16 Å². The first kappa shape index (κ1) is 25.1. The van der Waals surface area contributed by atoms with Crippen LogP contribution in [0, 0.1) is 6.42 Å². The van der Waals surface area contributed by atoms with Crippen LogP contribution in [-0.4, -0.2) is 30.1 Å². The van der Waals surface area contributed by atoms with Crippen LogP contribution < -0.4 is 0 Å². The zero-order valence-corrected chi connectivity index (χ0v) is 19.1. The fourth-order valence-electron chi connectivity index (χ4n) is 3.42.